The van der Waals surface area contributed by atoms with Gasteiger partial charge in [-0.05, 0) is 32.0 Å². The molecule has 3 aromatic rings. The number of nitrogens with zero attached hydrogens (tertiary/aromatic N) is 2. The van der Waals surface area contributed by atoms with Crippen molar-refractivity contribution < 1.29 is 14.0 Å². The third-order valence-electron chi connectivity index (χ3n) is 4.10. The van der Waals surface area contributed by atoms with Crippen LogP contribution in [0.15, 0.2) is 33.5 Å². The van der Waals surface area contributed by atoms with E-state index in [0.29, 0.717) is 16.4 Å². The molecule has 1 aromatic carbocycles. The van der Waals surface area contributed by atoms with Gasteiger partial charge < -0.3 is 15.1 Å². The average molecular weight is 389 g/mol. The zero-order valence-corrected chi connectivity index (χ0v) is 15.7. The maximum Gasteiger partial charge on any atom is 0.287 e. The Hall–Kier alpha value is -3.13. The first-order chi connectivity index (χ1) is 12.8. The molecule has 0 saturated heterocycles. The number of hydrogen-bond donors (Lipinski definition) is 2. The summed E-state index contributed by atoms with van der Waals surface area (Å²) in [5, 5.41) is 10.0. The summed E-state index contributed by atoms with van der Waals surface area (Å²) in [6, 6.07) is 5.61. The monoisotopic (exact) mass is 388 g/mol. The lowest BCUT2D eigenvalue weighted by molar-refractivity contribution is -0.115. The van der Waals surface area contributed by atoms with Gasteiger partial charge in [-0.3, -0.25) is 19.1 Å². The highest BCUT2D eigenvalue weighted by atomic mass is 35.5. The van der Waals surface area contributed by atoms with Gasteiger partial charge in [0.1, 0.15) is 5.58 Å². The molecule has 0 spiro atoms. The lowest BCUT2D eigenvalue weighted by Crippen LogP contribution is -2.33. The zero-order valence-electron chi connectivity index (χ0n) is 14.9. The molecule has 0 aliphatic carbocycles. The van der Waals surface area contributed by atoms with Crippen molar-refractivity contribution in [1.29, 1.82) is 0 Å². The van der Waals surface area contributed by atoms with Gasteiger partial charge in [-0.15, -0.1) is 0 Å². The summed E-state index contributed by atoms with van der Waals surface area (Å²) in [7, 11) is 1.77. The van der Waals surface area contributed by atoms with Crippen LogP contribution < -0.4 is 16.1 Å². The van der Waals surface area contributed by atoms with Crippen LogP contribution in [0.4, 0.5) is 5.69 Å². The molecular weight excluding hydrogens is 372 g/mol. The molecule has 9 heteroatoms. The van der Waals surface area contributed by atoms with Gasteiger partial charge in [0.2, 0.25) is 5.91 Å². The molecule has 0 saturated carbocycles. The molecule has 2 N–H and O–H groups in total. The van der Waals surface area contributed by atoms with Crippen LogP contribution in [0.3, 0.4) is 0 Å². The van der Waals surface area contributed by atoms with E-state index in [-0.39, 0.29) is 23.3 Å². The Morgan fingerprint density at radius 3 is 2.67 bits per heavy atom. The third kappa shape index (κ3) is 3.85. The van der Waals surface area contributed by atoms with Crippen LogP contribution >= 0.6 is 11.6 Å². The van der Waals surface area contributed by atoms with Gasteiger partial charge in [-0.2, -0.15) is 5.10 Å². The summed E-state index contributed by atoms with van der Waals surface area (Å²) in [6.07, 6.45) is 0. The zero-order chi connectivity index (χ0) is 19.7. The van der Waals surface area contributed by atoms with E-state index in [2.05, 4.69) is 15.7 Å². The van der Waals surface area contributed by atoms with Crippen LogP contribution in [0.1, 0.15) is 21.9 Å². The normalized spacial score (nSPS) is 10.8. The minimum atomic E-state index is -0.668. The summed E-state index contributed by atoms with van der Waals surface area (Å²) in [4.78, 5) is 36.5. The smallest absolute Gasteiger partial charge is 0.287 e. The molecule has 8 nitrogen and oxygen atoms in total. The molecule has 2 amide bonds. The second kappa shape index (κ2) is 7.24. The fraction of sp³-hybridized carbons (Fsp3) is 0.222. The van der Waals surface area contributed by atoms with E-state index in [1.165, 1.54) is 12.1 Å². The first-order valence-electron chi connectivity index (χ1n) is 8.08. The van der Waals surface area contributed by atoms with Gasteiger partial charge in [0.05, 0.1) is 29.0 Å². The number of nitrogens with one attached hydrogen (secondary N) is 2. The molecule has 0 fully saturated rings. The fourth-order valence-corrected chi connectivity index (χ4v) is 2.80. The standard InChI is InChI=1S/C18H17ClN4O4/c1-9-17(10(2)23(3)22-9)21-16(25)8-20-18(26)15-7-13(24)12-6-11(19)4-5-14(12)27-15/h4-7H,8H2,1-3H3,(H,20,26)(H,21,25). The molecule has 0 radical (unpaired) electrons. The number of halogens is 1. The van der Waals surface area contributed by atoms with Gasteiger partial charge in [0.25, 0.3) is 5.91 Å². The third-order valence-corrected chi connectivity index (χ3v) is 4.33. The van der Waals surface area contributed by atoms with Crippen molar-refractivity contribution in [2.24, 2.45) is 7.05 Å². The van der Waals surface area contributed by atoms with E-state index in [1.54, 1.807) is 24.7 Å². The topological polar surface area (TPSA) is 106 Å². The summed E-state index contributed by atoms with van der Waals surface area (Å²) in [6.45, 7) is 3.32. The molecule has 2 aromatic heterocycles. The Kier molecular flexibility index (Phi) is 5.00. The summed E-state index contributed by atoms with van der Waals surface area (Å²) >= 11 is 5.86. The van der Waals surface area contributed by atoms with Crippen LogP contribution in [-0.2, 0) is 11.8 Å². The molecule has 0 bridgehead atoms. The van der Waals surface area contributed by atoms with Crippen molar-refractivity contribution in [1.82, 2.24) is 15.1 Å². The highest BCUT2D eigenvalue weighted by Gasteiger charge is 2.16. The SMILES string of the molecule is Cc1nn(C)c(C)c1NC(=O)CNC(=O)c1cc(=O)c2cc(Cl)ccc2o1. The molecule has 2 heterocycles. The Morgan fingerprint density at radius 1 is 1.26 bits per heavy atom. The number of fused-ring (bicyclic) bond motifs is 1. The fourth-order valence-electron chi connectivity index (χ4n) is 2.63. The van der Waals surface area contributed by atoms with E-state index in [4.69, 9.17) is 16.0 Å². The summed E-state index contributed by atoms with van der Waals surface area (Å²) in [5.41, 5.74) is 1.92. The van der Waals surface area contributed by atoms with Crippen molar-refractivity contribution in [2.75, 3.05) is 11.9 Å². The number of aromatic nitrogens is 2. The number of carbonyl (C=O) groups is 2. The lowest BCUT2D eigenvalue weighted by Gasteiger charge is -2.07. The number of carbonyl (C=O) groups excluding carboxylic acids is 2. The quantitative estimate of drug-likeness (QED) is 0.712. The second-order valence-electron chi connectivity index (χ2n) is 6.02. The predicted molar refractivity (Wildman–Crippen MR) is 101 cm³/mol. The van der Waals surface area contributed by atoms with Crippen molar-refractivity contribution in [3.8, 4) is 0 Å². The number of hydrogen-bond acceptors (Lipinski definition) is 5. The minimum absolute atomic E-state index is 0.184. The first-order valence-corrected chi connectivity index (χ1v) is 8.45. The van der Waals surface area contributed by atoms with E-state index in [9.17, 15) is 14.4 Å². The van der Waals surface area contributed by atoms with Crippen molar-refractivity contribution in [3.63, 3.8) is 0 Å². The van der Waals surface area contributed by atoms with E-state index in [1.807, 2.05) is 6.92 Å². The molecule has 140 valence electrons. The van der Waals surface area contributed by atoms with E-state index >= 15 is 0 Å². The highest BCUT2D eigenvalue weighted by Crippen LogP contribution is 2.19. The van der Waals surface area contributed by atoms with Gasteiger partial charge >= 0.3 is 0 Å². The number of benzene rings is 1. The number of rotatable bonds is 4. The van der Waals surface area contributed by atoms with E-state index < -0.39 is 17.2 Å². The van der Waals surface area contributed by atoms with E-state index in [0.717, 1.165) is 11.8 Å². The predicted octanol–water partition coefficient (Wildman–Crippen LogP) is 2.17. The summed E-state index contributed by atoms with van der Waals surface area (Å²) in [5.74, 6) is -1.27. The maximum absolute atomic E-state index is 12.2. The van der Waals surface area contributed by atoms with Gasteiger partial charge in [0, 0.05) is 18.1 Å². The van der Waals surface area contributed by atoms with Crippen molar-refractivity contribution in [2.45, 2.75) is 13.8 Å². The van der Waals surface area contributed by atoms with Crippen molar-refractivity contribution >= 4 is 40.1 Å². The Labute approximate surface area is 159 Å². The molecular formula is C18H17ClN4O4. The summed E-state index contributed by atoms with van der Waals surface area (Å²) < 4.78 is 7.09. The van der Waals surface area contributed by atoms with Crippen LogP contribution in [0.5, 0.6) is 0 Å². The molecule has 0 aliphatic rings. The van der Waals surface area contributed by atoms with Crippen LogP contribution in [-0.4, -0.2) is 28.1 Å². The molecule has 27 heavy (non-hydrogen) atoms. The van der Waals surface area contributed by atoms with Crippen LogP contribution in [0, 0.1) is 13.8 Å². The van der Waals surface area contributed by atoms with Crippen LogP contribution in [0.25, 0.3) is 11.0 Å². The molecule has 0 aliphatic heterocycles. The molecule has 0 atom stereocenters. The minimum Gasteiger partial charge on any atom is -0.451 e. The number of aryl methyl sites for hydroxylation is 2. The average Bonchev–Trinajstić information content (AvgIpc) is 2.86. The van der Waals surface area contributed by atoms with Gasteiger partial charge in [0.15, 0.2) is 11.2 Å². The maximum atomic E-state index is 12.2. The Balaban J connectivity index is 1.70. The Morgan fingerprint density at radius 2 is 2.00 bits per heavy atom. The van der Waals surface area contributed by atoms with Gasteiger partial charge in [-0.1, -0.05) is 11.6 Å². The molecule has 3 rings (SSSR count). The number of amides is 2. The number of anilines is 1. The van der Waals surface area contributed by atoms with Gasteiger partial charge in [-0.25, -0.2) is 0 Å². The van der Waals surface area contributed by atoms with Crippen molar-refractivity contribution in [3.05, 3.63) is 56.7 Å². The lowest BCUT2D eigenvalue weighted by atomic mass is 10.2. The largest absolute Gasteiger partial charge is 0.451 e. The molecule has 0 unspecified atom stereocenters. The first kappa shape index (κ1) is 18.7. The Bertz CT molecular complexity index is 1120. The second-order valence-corrected chi connectivity index (χ2v) is 6.45. The highest BCUT2D eigenvalue weighted by molar-refractivity contribution is 6.31. The van der Waals surface area contributed by atoms with Crippen LogP contribution in [0.2, 0.25) is 5.02 Å².